The molecule has 0 bridgehead atoms. The fourth-order valence-corrected chi connectivity index (χ4v) is 0.317. The number of rotatable bonds is 3. The van der Waals surface area contributed by atoms with E-state index in [9.17, 15) is 4.79 Å². The van der Waals surface area contributed by atoms with Crippen molar-refractivity contribution < 1.29 is 9.90 Å². The lowest BCUT2D eigenvalue weighted by Crippen LogP contribution is -2.19. The quantitative estimate of drug-likeness (QED) is 0.293. The molecule has 46 valence electrons. The van der Waals surface area contributed by atoms with Gasteiger partial charge in [-0.2, -0.15) is 0 Å². The second kappa shape index (κ2) is 3.35. The molecule has 0 aromatic carbocycles. The summed E-state index contributed by atoms with van der Waals surface area (Å²) in [5, 5.41) is 8.41. The number of aldehydes is 1. The minimum absolute atomic E-state index is 0.156. The highest BCUT2D eigenvalue weighted by Gasteiger charge is 1.96. The number of aliphatic hydroxyl groups excluding tert-OH is 1. The zero-order valence-electron chi connectivity index (χ0n) is 4.50. The molecule has 3 N–H and O–H groups in total. The van der Waals surface area contributed by atoms with Crippen LogP contribution in [0, 0.1) is 0 Å². The molecule has 0 spiro atoms. The van der Waals surface area contributed by atoms with Crippen molar-refractivity contribution in [3.05, 3.63) is 12.2 Å². The Kier molecular flexibility index (Phi) is 3.07. The van der Waals surface area contributed by atoms with Gasteiger partial charge in [0.1, 0.15) is 12.5 Å². The Morgan fingerprint density at radius 2 is 2.50 bits per heavy atom. The van der Waals surface area contributed by atoms with E-state index >= 15 is 0 Å². The maximum absolute atomic E-state index is 9.77. The van der Waals surface area contributed by atoms with Gasteiger partial charge in [0.15, 0.2) is 0 Å². The predicted octanol–water partition coefficient (Wildman–Crippen LogP) is -0.591. The van der Waals surface area contributed by atoms with Crippen LogP contribution in [0.2, 0.25) is 0 Å². The van der Waals surface area contributed by atoms with Crippen molar-refractivity contribution in [3.8, 4) is 0 Å². The third-order valence-electron chi connectivity index (χ3n) is 0.638. The second-order valence-electron chi connectivity index (χ2n) is 1.55. The molecule has 0 fully saturated rings. The van der Waals surface area contributed by atoms with Gasteiger partial charge in [-0.15, -0.1) is 0 Å². The van der Waals surface area contributed by atoms with Gasteiger partial charge in [-0.05, 0) is 5.57 Å². The molecule has 0 rings (SSSR count). The first-order valence-corrected chi connectivity index (χ1v) is 2.23. The zero-order valence-corrected chi connectivity index (χ0v) is 4.50. The molecule has 0 heterocycles. The molecule has 0 aromatic rings. The van der Waals surface area contributed by atoms with Crippen LogP contribution < -0.4 is 5.73 Å². The number of hydrogen-bond acceptors (Lipinski definition) is 3. The first-order valence-electron chi connectivity index (χ1n) is 2.23. The van der Waals surface area contributed by atoms with Gasteiger partial charge in [0.25, 0.3) is 0 Å². The standard InChI is InChI=1S/C5H9NO2/c1-4(3-7)2-5(6)8/h3,5,8H,1-2,6H2/t5-/m1/s1. The molecule has 0 radical (unpaired) electrons. The molecular weight excluding hydrogens is 106 g/mol. The lowest BCUT2D eigenvalue weighted by molar-refractivity contribution is -0.105. The van der Waals surface area contributed by atoms with Gasteiger partial charge in [-0.3, -0.25) is 4.79 Å². The number of carbonyl (C=O) groups excluding carboxylic acids is 1. The van der Waals surface area contributed by atoms with Gasteiger partial charge in [0.2, 0.25) is 0 Å². The van der Waals surface area contributed by atoms with Crippen molar-refractivity contribution in [1.29, 1.82) is 0 Å². The second-order valence-corrected chi connectivity index (χ2v) is 1.55. The molecule has 0 amide bonds. The number of hydrogen-bond donors (Lipinski definition) is 2. The molecule has 3 nitrogen and oxygen atoms in total. The third-order valence-corrected chi connectivity index (χ3v) is 0.638. The average molecular weight is 115 g/mol. The Hall–Kier alpha value is -0.670. The smallest absolute Gasteiger partial charge is 0.145 e. The molecular formula is C5H9NO2. The minimum atomic E-state index is -0.951. The average Bonchev–Trinajstić information content (AvgIpc) is 1.65. The highest BCUT2D eigenvalue weighted by atomic mass is 16.3. The van der Waals surface area contributed by atoms with Crippen molar-refractivity contribution in [3.63, 3.8) is 0 Å². The molecule has 0 unspecified atom stereocenters. The summed E-state index contributed by atoms with van der Waals surface area (Å²) < 4.78 is 0. The number of aliphatic hydroxyl groups is 1. The molecule has 0 aliphatic rings. The molecule has 0 saturated heterocycles. The summed E-state index contributed by atoms with van der Waals surface area (Å²) in [7, 11) is 0. The summed E-state index contributed by atoms with van der Waals surface area (Å²) in [6.45, 7) is 3.31. The van der Waals surface area contributed by atoms with Crippen molar-refractivity contribution >= 4 is 6.29 Å². The van der Waals surface area contributed by atoms with Crippen LogP contribution in [-0.2, 0) is 4.79 Å². The van der Waals surface area contributed by atoms with Crippen LogP contribution in [0.1, 0.15) is 6.42 Å². The third kappa shape index (κ3) is 3.52. The Labute approximate surface area is 47.8 Å². The van der Waals surface area contributed by atoms with Crippen molar-refractivity contribution in [1.82, 2.24) is 0 Å². The first kappa shape index (κ1) is 7.33. The number of carbonyl (C=O) groups is 1. The molecule has 8 heavy (non-hydrogen) atoms. The topological polar surface area (TPSA) is 63.3 Å². The van der Waals surface area contributed by atoms with Crippen LogP contribution in [0.4, 0.5) is 0 Å². The first-order chi connectivity index (χ1) is 3.66. The molecule has 0 aliphatic heterocycles. The highest BCUT2D eigenvalue weighted by Crippen LogP contribution is 1.92. The van der Waals surface area contributed by atoms with E-state index in [2.05, 4.69) is 6.58 Å². The van der Waals surface area contributed by atoms with Gasteiger partial charge in [-0.1, -0.05) is 6.58 Å². The van der Waals surface area contributed by atoms with Crippen molar-refractivity contribution in [2.45, 2.75) is 12.6 Å². The Balaban J connectivity index is 3.39. The van der Waals surface area contributed by atoms with Crippen LogP contribution in [0.15, 0.2) is 12.2 Å². The molecule has 0 aromatic heterocycles. The summed E-state index contributed by atoms with van der Waals surface area (Å²) in [6.07, 6.45) is -0.216. The maximum atomic E-state index is 9.77. The molecule has 3 heteroatoms. The normalized spacial score (nSPS) is 12.8. The molecule has 1 atom stereocenters. The highest BCUT2D eigenvalue weighted by molar-refractivity contribution is 5.71. The van der Waals surface area contributed by atoms with Crippen LogP contribution >= 0.6 is 0 Å². The summed E-state index contributed by atoms with van der Waals surface area (Å²) >= 11 is 0. The van der Waals surface area contributed by atoms with Crippen LogP contribution in [-0.4, -0.2) is 17.6 Å². The van der Waals surface area contributed by atoms with Crippen LogP contribution in [0.25, 0.3) is 0 Å². The molecule has 0 aliphatic carbocycles. The Morgan fingerprint density at radius 1 is 2.00 bits per heavy atom. The summed E-state index contributed by atoms with van der Waals surface area (Å²) in [5.74, 6) is 0. The van der Waals surface area contributed by atoms with Crippen LogP contribution in [0.3, 0.4) is 0 Å². The molecule has 0 saturated carbocycles. The van der Waals surface area contributed by atoms with Gasteiger partial charge in [-0.25, -0.2) is 0 Å². The van der Waals surface area contributed by atoms with Gasteiger partial charge >= 0.3 is 0 Å². The van der Waals surface area contributed by atoms with E-state index in [4.69, 9.17) is 10.8 Å². The van der Waals surface area contributed by atoms with E-state index in [0.717, 1.165) is 0 Å². The summed E-state index contributed by atoms with van der Waals surface area (Å²) in [6, 6.07) is 0. The van der Waals surface area contributed by atoms with Gasteiger partial charge in [0.05, 0.1) is 0 Å². The fourth-order valence-electron chi connectivity index (χ4n) is 0.317. The fraction of sp³-hybridized carbons (Fsp3) is 0.400. The number of nitrogens with two attached hydrogens (primary N) is 1. The predicted molar refractivity (Wildman–Crippen MR) is 30.0 cm³/mol. The van der Waals surface area contributed by atoms with Gasteiger partial charge in [0, 0.05) is 6.42 Å². The van der Waals surface area contributed by atoms with E-state index < -0.39 is 6.23 Å². The van der Waals surface area contributed by atoms with E-state index in [-0.39, 0.29) is 6.42 Å². The van der Waals surface area contributed by atoms with Gasteiger partial charge < -0.3 is 10.8 Å². The summed E-state index contributed by atoms with van der Waals surface area (Å²) in [5.41, 5.74) is 5.22. The lowest BCUT2D eigenvalue weighted by Gasteiger charge is -1.98. The Bertz CT molecular complexity index is 98.6. The SMILES string of the molecule is C=C(C=O)C[C@H](N)O. The van der Waals surface area contributed by atoms with E-state index in [1.54, 1.807) is 0 Å². The zero-order chi connectivity index (χ0) is 6.57. The van der Waals surface area contributed by atoms with E-state index in [1.807, 2.05) is 0 Å². The largest absolute Gasteiger partial charge is 0.378 e. The monoisotopic (exact) mass is 115 g/mol. The minimum Gasteiger partial charge on any atom is -0.378 e. The van der Waals surface area contributed by atoms with Crippen molar-refractivity contribution in [2.24, 2.45) is 5.73 Å². The lowest BCUT2D eigenvalue weighted by atomic mass is 10.2. The van der Waals surface area contributed by atoms with Crippen molar-refractivity contribution in [2.75, 3.05) is 0 Å². The van der Waals surface area contributed by atoms with E-state index in [0.29, 0.717) is 11.9 Å². The van der Waals surface area contributed by atoms with E-state index in [1.165, 1.54) is 0 Å². The summed E-state index contributed by atoms with van der Waals surface area (Å²) in [4.78, 5) is 9.77. The van der Waals surface area contributed by atoms with Crippen LogP contribution in [0.5, 0.6) is 0 Å². The maximum Gasteiger partial charge on any atom is 0.145 e. The Morgan fingerprint density at radius 3 is 2.62 bits per heavy atom.